The quantitative estimate of drug-likeness (QED) is 0.492. The molecule has 1 aromatic heterocycles. The standard InChI is InChI=1S/C19H18N4O4/c1-13(15-10-6-3-7-11-15)20-18(24)16-17(23(25)26)19(22-21-16)27-12-14-8-4-2-5-9-14/h2-11,13H,12H2,1H3,(H,20,24)(H,21,22). The number of hydrogen-bond acceptors (Lipinski definition) is 5. The van der Waals surface area contributed by atoms with Gasteiger partial charge in [0.25, 0.3) is 5.91 Å². The summed E-state index contributed by atoms with van der Waals surface area (Å²) in [5.41, 5.74) is 0.988. The Morgan fingerprint density at radius 2 is 1.81 bits per heavy atom. The molecule has 1 atom stereocenters. The van der Waals surface area contributed by atoms with Gasteiger partial charge in [0, 0.05) is 0 Å². The lowest BCUT2D eigenvalue weighted by Crippen LogP contribution is -2.27. The van der Waals surface area contributed by atoms with Gasteiger partial charge in [-0.2, -0.15) is 0 Å². The van der Waals surface area contributed by atoms with Gasteiger partial charge in [0.15, 0.2) is 0 Å². The summed E-state index contributed by atoms with van der Waals surface area (Å²) in [6, 6.07) is 18.2. The molecule has 0 saturated heterocycles. The number of H-pyrrole nitrogens is 1. The van der Waals surface area contributed by atoms with Crippen LogP contribution in [-0.2, 0) is 6.61 Å². The second-order valence-electron chi connectivity index (χ2n) is 5.89. The van der Waals surface area contributed by atoms with Crippen molar-refractivity contribution in [2.75, 3.05) is 0 Å². The van der Waals surface area contributed by atoms with Crippen LogP contribution in [0, 0.1) is 10.1 Å². The monoisotopic (exact) mass is 366 g/mol. The van der Waals surface area contributed by atoms with E-state index in [1.54, 1.807) is 6.92 Å². The first kappa shape index (κ1) is 18.1. The highest BCUT2D eigenvalue weighted by Gasteiger charge is 2.31. The number of nitrogens with one attached hydrogen (secondary N) is 2. The molecule has 0 aliphatic carbocycles. The largest absolute Gasteiger partial charge is 0.467 e. The third-order valence-electron chi connectivity index (χ3n) is 3.98. The van der Waals surface area contributed by atoms with Crippen molar-refractivity contribution in [2.45, 2.75) is 19.6 Å². The summed E-state index contributed by atoms with van der Waals surface area (Å²) in [5, 5.41) is 20.4. The number of rotatable bonds is 7. The molecule has 138 valence electrons. The maximum absolute atomic E-state index is 12.5. The van der Waals surface area contributed by atoms with Crippen LogP contribution < -0.4 is 10.1 Å². The van der Waals surface area contributed by atoms with Crippen molar-refractivity contribution in [3.8, 4) is 5.88 Å². The highest BCUT2D eigenvalue weighted by molar-refractivity contribution is 5.97. The zero-order valence-electron chi connectivity index (χ0n) is 14.6. The van der Waals surface area contributed by atoms with Gasteiger partial charge in [0.05, 0.1) is 11.0 Å². The Bertz CT molecular complexity index is 925. The molecule has 27 heavy (non-hydrogen) atoms. The summed E-state index contributed by atoms with van der Waals surface area (Å²) in [6.07, 6.45) is 0. The van der Waals surface area contributed by atoms with Crippen LogP contribution >= 0.6 is 0 Å². The van der Waals surface area contributed by atoms with Gasteiger partial charge in [-0.15, -0.1) is 5.10 Å². The minimum Gasteiger partial charge on any atom is -0.467 e. The van der Waals surface area contributed by atoms with Gasteiger partial charge in [-0.25, -0.2) is 0 Å². The van der Waals surface area contributed by atoms with E-state index in [2.05, 4.69) is 15.5 Å². The average molecular weight is 366 g/mol. The maximum Gasteiger partial charge on any atom is 0.362 e. The molecule has 0 spiro atoms. The normalized spacial score (nSPS) is 11.6. The van der Waals surface area contributed by atoms with E-state index in [4.69, 9.17) is 4.74 Å². The SMILES string of the molecule is CC(NC(=O)c1[nH]nc(OCc2ccccc2)c1[N+](=O)[O-])c1ccccc1. The predicted octanol–water partition coefficient (Wildman–Crippen LogP) is 3.39. The van der Waals surface area contributed by atoms with Gasteiger partial charge in [-0.1, -0.05) is 60.7 Å². The molecule has 8 heteroatoms. The van der Waals surface area contributed by atoms with E-state index in [1.165, 1.54) is 0 Å². The molecule has 2 N–H and O–H groups in total. The number of nitrogens with zero attached hydrogens (tertiary/aromatic N) is 2. The molecule has 0 aliphatic heterocycles. The minimum atomic E-state index is -0.675. The van der Waals surface area contributed by atoms with Gasteiger partial charge >= 0.3 is 11.6 Å². The fourth-order valence-electron chi connectivity index (χ4n) is 2.57. The molecule has 1 unspecified atom stereocenters. The predicted molar refractivity (Wildman–Crippen MR) is 98.3 cm³/mol. The molecule has 1 amide bonds. The first-order valence-electron chi connectivity index (χ1n) is 8.31. The van der Waals surface area contributed by atoms with Crippen LogP contribution in [0.15, 0.2) is 60.7 Å². The molecule has 3 aromatic rings. The van der Waals surface area contributed by atoms with Crippen LogP contribution in [-0.4, -0.2) is 21.0 Å². The third kappa shape index (κ3) is 4.30. The zero-order valence-corrected chi connectivity index (χ0v) is 14.6. The number of carbonyl (C=O) groups is 1. The van der Waals surface area contributed by atoms with E-state index in [1.807, 2.05) is 60.7 Å². The van der Waals surface area contributed by atoms with Gasteiger partial charge in [0.2, 0.25) is 5.69 Å². The van der Waals surface area contributed by atoms with Gasteiger partial charge in [0.1, 0.15) is 6.61 Å². The summed E-state index contributed by atoms with van der Waals surface area (Å²) in [5.74, 6) is -0.846. The van der Waals surface area contributed by atoms with Crippen molar-refractivity contribution >= 4 is 11.6 Å². The highest BCUT2D eigenvalue weighted by Crippen LogP contribution is 2.29. The van der Waals surface area contributed by atoms with E-state index in [-0.39, 0.29) is 24.2 Å². The third-order valence-corrected chi connectivity index (χ3v) is 3.98. The molecular weight excluding hydrogens is 348 g/mol. The van der Waals surface area contributed by atoms with E-state index >= 15 is 0 Å². The Labute approximate surface area is 155 Å². The molecule has 8 nitrogen and oxygen atoms in total. The molecule has 0 saturated carbocycles. The molecule has 3 rings (SSSR count). The second-order valence-corrected chi connectivity index (χ2v) is 5.89. The molecular formula is C19H18N4O4. The molecule has 0 radical (unpaired) electrons. The molecule has 0 bridgehead atoms. The van der Waals surface area contributed by atoms with Crippen LogP contribution in [0.25, 0.3) is 0 Å². The molecule has 1 heterocycles. The lowest BCUT2D eigenvalue weighted by molar-refractivity contribution is -0.386. The van der Waals surface area contributed by atoms with Gasteiger partial charge in [-0.05, 0) is 18.1 Å². The number of aromatic nitrogens is 2. The number of carbonyl (C=O) groups excluding carboxylic acids is 1. The van der Waals surface area contributed by atoms with E-state index in [0.717, 1.165) is 11.1 Å². The number of ether oxygens (including phenoxy) is 1. The molecule has 0 fully saturated rings. The number of hydrogen-bond donors (Lipinski definition) is 2. The number of aromatic amines is 1. The highest BCUT2D eigenvalue weighted by atomic mass is 16.6. The van der Waals surface area contributed by atoms with Crippen molar-refractivity contribution in [3.63, 3.8) is 0 Å². The number of benzene rings is 2. The maximum atomic E-state index is 12.5. The summed E-state index contributed by atoms with van der Waals surface area (Å²) in [6.45, 7) is 1.90. The van der Waals surface area contributed by atoms with Crippen LogP contribution in [0.2, 0.25) is 0 Å². The Morgan fingerprint density at radius 3 is 2.44 bits per heavy atom. The van der Waals surface area contributed by atoms with Crippen molar-refractivity contribution < 1.29 is 14.5 Å². The Balaban J connectivity index is 1.76. The lowest BCUT2D eigenvalue weighted by Gasteiger charge is -2.13. The number of nitro groups is 1. The number of amides is 1. The topological polar surface area (TPSA) is 110 Å². The Kier molecular flexibility index (Phi) is 5.46. The summed E-state index contributed by atoms with van der Waals surface area (Å²) in [7, 11) is 0. The van der Waals surface area contributed by atoms with Crippen molar-refractivity contribution in [1.82, 2.24) is 15.5 Å². The smallest absolute Gasteiger partial charge is 0.362 e. The van der Waals surface area contributed by atoms with Crippen LogP contribution in [0.4, 0.5) is 5.69 Å². The Morgan fingerprint density at radius 1 is 1.19 bits per heavy atom. The fourth-order valence-corrected chi connectivity index (χ4v) is 2.57. The minimum absolute atomic E-state index is 0.105. The van der Waals surface area contributed by atoms with E-state index in [0.29, 0.717) is 0 Å². The van der Waals surface area contributed by atoms with Gasteiger partial charge in [-0.3, -0.25) is 20.0 Å². The Hall–Kier alpha value is -3.68. The fraction of sp³-hybridized carbons (Fsp3) is 0.158. The zero-order chi connectivity index (χ0) is 19.2. The summed E-state index contributed by atoms with van der Waals surface area (Å²) in [4.78, 5) is 23.3. The first-order chi connectivity index (χ1) is 13.1. The van der Waals surface area contributed by atoms with Crippen LogP contribution in [0.5, 0.6) is 5.88 Å². The van der Waals surface area contributed by atoms with E-state index in [9.17, 15) is 14.9 Å². The van der Waals surface area contributed by atoms with Gasteiger partial charge < -0.3 is 10.1 Å². The van der Waals surface area contributed by atoms with E-state index < -0.39 is 16.5 Å². The average Bonchev–Trinajstić information content (AvgIpc) is 3.12. The van der Waals surface area contributed by atoms with Crippen molar-refractivity contribution in [2.24, 2.45) is 0 Å². The molecule has 2 aromatic carbocycles. The summed E-state index contributed by atoms with van der Waals surface area (Å²) < 4.78 is 5.44. The van der Waals surface area contributed by atoms with Crippen molar-refractivity contribution in [1.29, 1.82) is 0 Å². The first-order valence-corrected chi connectivity index (χ1v) is 8.31. The second kappa shape index (κ2) is 8.13. The lowest BCUT2D eigenvalue weighted by atomic mass is 10.1. The summed E-state index contributed by atoms with van der Waals surface area (Å²) >= 11 is 0. The van der Waals surface area contributed by atoms with Crippen LogP contribution in [0.3, 0.4) is 0 Å². The van der Waals surface area contributed by atoms with Crippen LogP contribution in [0.1, 0.15) is 34.6 Å². The molecule has 0 aliphatic rings. The van der Waals surface area contributed by atoms with Crippen molar-refractivity contribution in [3.05, 3.63) is 87.6 Å².